The van der Waals surface area contributed by atoms with Gasteiger partial charge in [-0.1, -0.05) is 60.7 Å². The second-order valence-corrected chi connectivity index (χ2v) is 7.59. The Balaban J connectivity index is 1.55. The van der Waals surface area contributed by atoms with Crippen LogP contribution in [0, 0.1) is 0 Å². The van der Waals surface area contributed by atoms with Gasteiger partial charge in [0, 0.05) is 18.3 Å². The average molecular weight is 311 g/mol. The second-order valence-electron chi connectivity index (χ2n) is 6.21. The maximum absolute atomic E-state index is 5.56. The minimum Gasteiger partial charge on any atom is -0.376 e. The molecule has 0 aromatic heterocycles. The van der Waals surface area contributed by atoms with Crippen LogP contribution >= 0.6 is 11.8 Å². The van der Waals surface area contributed by atoms with Gasteiger partial charge in [-0.05, 0) is 17.5 Å². The minimum absolute atomic E-state index is 0.218. The lowest BCUT2D eigenvalue weighted by atomic mass is 10.0. The summed E-state index contributed by atoms with van der Waals surface area (Å²) in [5.41, 5.74) is 2.83. The first-order valence-electron chi connectivity index (χ1n) is 7.92. The van der Waals surface area contributed by atoms with Crippen molar-refractivity contribution >= 4 is 11.8 Å². The number of thioether (sulfide) groups is 1. The highest BCUT2D eigenvalue weighted by Gasteiger charge is 2.52. The van der Waals surface area contributed by atoms with Gasteiger partial charge in [0.2, 0.25) is 0 Å². The molecule has 2 nitrogen and oxygen atoms in total. The van der Waals surface area contributed by atoms with E-state index in [-0.39, 0.29) is 4.87 Å². The van der Waals surface area contributed by atoms with Crippen LogP contribution < -0.4 is 0 Å². The molecule has 0 amide bonds. The number of ether oxygens (including phenoxy) is 1. The summed E-state index contributed by atoms with van der Waals surface area (Å²) in [5, 5.41) is 0. The van der Waals surface area contributed by atoms with Crippen molar-refractivity contribution in [2.24, 2.45) is 0 Å². The van der Waals surface area contributed by atoms with Crippen molar-refractivity contribution in [2.75, 3.05) is 19.0 Å². The molecule has 0 N–H and O–H groups in total. The van der Waals surface area contributed by atoms with E-state index in [1.807, 2.05) is 0 Å². The molecule has 0 aliphatic carbocycles. The number of benzene rings is 2. The number of hydrogen-bond donors (Lipinski definition) is 0. The van der Waals surface area contributed by atoms with Gasteiger partial charge < -0.3 is 4.74 Å². The first-order chi connectivity index (χ1) is 10.9. The molecule has 3 heteroatoms. The molecule has 0 bridgehead atoms. The fourth-order valence-corrected chi connectivity index (χ4v) is 4.90. The topological polar surface area (TPSA) is 12.5 Å². The van der Waals surface area contributed by atoms with Crippen molar-refractivity contribution < 1.29 is 4.74 Å². The third-order valence-corrected chi connectivity index (χ3v) is 6.23. The van der Waals surface area contributed by atoms with Crippen LogP contribution in [0.3, 0.4) is 0 Å². The maximum atomic E-state index is 5.56. The number of rotatable bonds is 4. The van der Waals surface area contributed by atoms with Crippen LogP contribution in [-0.2, 0) is 17.7 Å². The van der Waals surface area contributed by atoms with Crippen LogP contribution in [0.25, 0.3) is 0 Å². The molecule has 2 heterocycles. The summed E-state index contributed by atoms with van der Waals surface area (Å²) in [6.07, 6.45) is 1.13. The second kappa shape index (κ2) is 6.07. The van der Waals surface area contributed by atoms with E-state index in [2.05, 4.69) is 77.3 Å². The highest BCUT2D eigenvalue weighted by molar-refractivity contribution is 8.01. The molecular weight excluding hydrogens is 290 g/mol. The Morgan fingerprint density at radius 2 is 1.59 bits per heavy atom. The highest BCUT2D eigenvalue weighted by Crippen LogP contribution is 2.46. The van der Waals surface area contributed by atoms with Crippen molar-refractivity contribution in [1.82, 2.24) is 4.90 Å². The van der Waals surface area contributed by atoms with Crippen molar-refractivity contribution in [3.63, 3.8) is 0 Å². The molecule has 114 valence electrons. The van der Waals surface area contributed by atoms with Crippen LogP contribution in [0.1, 0.15) is 11.1 Å². The van der Waals surface area contributed by atoms with E-state index in [1.54, 1.807) is 0 Å². The van der Waals surface area contributed by atoms with Gasteiger partial charge in [-0.2, -0.15) is 0 Å². The summed E-state index contributed by atoms with van der Waals surface area (Å²) in [6.45, 7) is 2.76. The Bertz CT molecular complexity index is 612. The minimum atomic E-state index is 0.218. The van der Waals surface area contributed by atoms with Gasteiger partial charge in [-0.25, -0.2) is 0 Å². The molecule has 2 aromatic carbocycles. The molecule has 1 spiro atoms. The zero-order valence-electron chi connectivity index (χ0n) is 12.7. The first-order valence-corrected chi connectivity index (χ1v) is 8.91. The van der Waals surface area contributed by atoms with Crippen LogP contribution in [0.4, 0.5) is 0 Å². The molecular formula is C19H21NOS. The summed E-state index contributed by atoms with van der Waals surface area (Å²) < 4.78 is 5.56. The zero-order chi connectivity index (χ0) is 14.8. The van der Waals surface area contributed by atoms with Crippen molar-refractivity contribution in [1.29, 1.82) is 0 Å². The van der Waals surface area contributed by atoms with Crippen molar-refractivity contribution in [3.05, 3.63) is 71.8 Å². The monoisotopic (exact) mass is 311 g/mol. The van der Waals surface area contributed by atoms with Gasteiger partial charge in [-0.15, -0.1) is 11.8 Å². The number of hydrogen-bond acceptors (Lipinski definition) is 3. The van der Waals surface area contributed by atoms with E-state index in [0.29, 0.717) is 6.04 Å². The molecule has 0 radical (unpaired) electrons. The first kappa shape index (κ1) is 14.3. The molecule has 2 aliphatic heterocycles. The lowest BCUT2D eigenvalue weighted by Gasteiger charge is -2.46. The zero-order valence-corrected chi connectivity index (χ0v) is 13.5. The normalized spacial score (nSPS) is 23.5. The van der Waals surface area contributed by atoms with Crippen molar-refractivity contribution in [3.8, 4) is 0 Å². The van der Waals surface area contributed by atoms with E-state index < -0.39 is 0 Å². The predicted octanol–water partition coefficient (Wildman–Crippen LogP) is 3.57. The maximum Gasteiger partial charge on any atom is 0.115 e. The molecule has 22 heavy (non-hydrogen) atoms. The van der Waals surface area contributed by atoms with Gasteiger partial charge in [0.1, 0.15) is 4.87 Å². The van der Waals surface area contributed by atoms with Gasteiger partial charge in [0.05, 0.1) is 13.2 Å². The fourth-order valence-electron chi connectivity index (χ4n) is 3.39. The van der Waals surface area contributed by atoms with E-state index in [1.165, 1.54) is 16.9 Å². The van der Waals surface area contributed by atoms with Crippen LogP contribution in [0.5, 0.6) is 0 Å². The van der Waals surface area contributed by atoms with Gasteiger partial charge >= 0.3 is 0 Å². The Kier molecular flexibility index (Phi) is 3.95. The van der Waals surface area contributed by atoms with Crippen LogP contribution in [0.2, 0.25) is 0 Å². The van der Waals surface area contributed by atoms with Gasteiger partial charge in [0.15, 0.2) is 0 Å². The molecule has 0 saturated carbocycles. The third-order valence-electron chi connectivity index (χ3n) is 4.67. The van der Waals surface area contributed by atoms with Crippen molar-refractivity contribution in [2.45, 2.75) is 23.9 Å². The molecule has 2 aliphatic rings. The Morgan fingerprint density at radius 1 is 0.955 bits per heavy atom. The largest absolute Gasteiger partial charge is 0.376 e. The fraction of sp³-hybridized carbons (Fsp3) is 0.368. The third kappa shape index (κ3) is 2.69. The standard InChI is InChI=1S/C19H21NOS/c1-3-7-16(8-4-1)11-18-13-22-19(14-21-15-19)20(18)12-17-9-5-2-6-10-17/h1-10,18H,11-15H2/t18-/m1/s1. The lowest BCUT2D eigenvalue weighted by Crippen LogP contribution is -2.58. The molecule has 1 atom stereocenters. The van der Waals surface area contributed by atoms with E-state index >= 15 is 0 Å². The van der Waals surface area contributed by atoms with Crippen LogP contribution in [0.15, 0.2) is 60.7 Å². The predicted molar refractivity (Wildman–Crippen MR) is 91.9 cm³/mol. The molecule has 4 rings (SSSR count). The molecule has 2 fully saturated rings. The highest BCUT2D eigenvalue weighted by atomic mass is 32.2. The molecule has 0 unspecified atom stereocenters. The Morgan fingerprint density at radius 3 is 2.18 bits per heavy atom. The molecule has 2 aromatic rings. The Labute approximate surface area is 136 Å². The van der Waals surface area contributed by atoms with Gasteiger partial charge in [-0.3, -0.25) is 4.90 Å². The van der Waals surface area contributed by atoms with E-state index in [0.717, 1.165) is 26.2 Å². The van der Waals surface area contributed by atoms with E-state index in [9.17, 15) is 0 Å². The van der Waals surface area contributed by atoms with Crippen LogP contribution in [-0.4, -0.2) is 34.8 Å². The van der Waals surface area contributed by atoms with E-state index in [4.69, 9.17) is 4.74 Å². The average Bonchev–Trinajstić information content (AvgIpc) is 2.88. The summed E-state index contributed by atoms with van der Waals surface area (Å²) in [5.74, 6) is 1.20. The molecule has 2 saturated heterocycles. The SMILES string of the molecule is c1ccc(C[C@@H]2CSC3(COC3)N2Cc2ccccc2)cc1. The summed E-state index contributed by atoms with van der Waals surface area (Å²) in [6, 6.07) is 22.3. The number of nitrogens with zero attached hydrogens (tertiary/aromatic N) is 1. The summed E-state index contributed by atoms with van der Waals surface area (Å²) in [4.78, 5) is 2.90. The summed E-state index contributed by atoms with van der Waals surface area (Å²) >= 11 is 2.09. The summed E-state index contributed by atoms with van der Waals surface area (Å²) in [7, 11) is 0. The van der Waals surface area contributed by atoms with Gasteiger partial charge in [0.25, 0.3) is 0 Å². The Hall–Kier alpha value is -1.29. The lowest BCUT2D eigenvalue weighted by molar-refractivity contribution is -0.0941. The smallest absolute Gasteiger partial charge is 0.115 e. The quantitative estimate of drug-likeness (QED) is 0.856.